The van der Waals surface area contributed by atoms with Crippen molar-refractivity contribution >= 4 is 17.9 Å². The smallest absolute Gasteiger partial charge is 0.337 e. The minimum absolute atomic E-state index is 0.247. The van der Waals surface area contributed by atoms with Crippen molar-refractivity contribution < 1.29 is 23.8 Å². The Hall–Kier alpha value is -3.51. The fourth-order valence-corrected chi connectivity index (χ4v) is 4.24. The zero-order valence-corrected chi connectivity index (χ0v) is 20.2. The Bertz CT molecular complexity index is 1300. The fraction of sp³-hybridized carbons (Fsp3) is 0.286. The summed E-state index contributed by atoms with van der Waals surface area (Å²) in [6, 6.07) is 12.5. The first kappa shape index (κ1) is 23.6. The van der Waals surface area contributed by atoms with Crippen molar-refractivity contribution in [1.29, 1.82) is 0 Å². The second-order valence-electron chi connectivity index (χ2n) is 9.54. The molecule has 3 aromatic rings. The minimum atomic E-state index is -1.24. The largest absolute Gasteiger partial charge is 0.479 e. The summed E-state index contributed by atoms with van der Waals surface area (Å²) in [5.41, 5.74) is 4.45. The van der Waals surface area contributed by atoms with Crippen LogP contribution in [0.15, 0.2) is 47.5 Å². The molecule has 0 radical (unpaired) electrons. The number of carbonyl (C=O) groups is 1. The SMILES string of the molecule is Cc1ccc(-c2c(C)c3c(c(C)c2[C@H](OC(C)(C)C)C(=O)O)N=Cc2c(F)cccc2O3)cc1. The highest BCUT2D eigenvalue weighted by Gasteiger charge is 2.34. The molecular weight excluding hydrogens is 433 g/mol. The zero-order valence-electron chi connectivity index (χ0n) is 20.2. The number of carboxylic acids is 1. The number of ether oxygens (including phenoxy) is 2. The molecule has 3 aromatic carbocycles. The van der Waals surface area contributed by atoms with Crippen LogP contribution in [-0.2, 0) is 9.53 Å². The summed E-state index contributed by atoms with van der Waals surface area (Å²) in [5.74, 6) is -0.716. The Morgan fingerprint density at radius 2 is 1.74 bits per heavy atom. The van der Waals surface area contributed by atoms with E-state index in [1.54, 1.807) is 19.1 Å². The lowest BCUT2D eigenvalue weighted by Gasteiger charge is -2.30. The van der Waals surface area contributed by atoms with Gasteiger partial charge in [-0.3, -0.25) is 4.99 Å². The van der Waals surface area contributed by atoms with Gasteiger partial charge in [0.25, 0.3) is 0 Å². The number of carboxylic acid groups (broad SMARTS) is 1. The van der Waals surface area contributed by atoms with Gasteiger partial charge in [-0.05, 0) is 70.4 Å². The number of halogens is 1. The molecule has 0 aliphatic carbocycles. The number of aryl methyl sites for hydroxylation is 1. The third-order valence-electron chi connectivity index (χ3n) is 5.81. The Morgan fingerprint density at radius 1 is 1.06 bits per heavy atom. The molecule has 0 saturated carbocycles. The summed E-state index contributed by atoms with van der Waals surface area (Å²) in [6.07, 6.45) is 0.191. The quantitative estimate of drug-likeness (QED) is 0.348. The van der Waals surface area contributed by atoms with Crippen LogP contribution in [0.2, 0.25) is 0 Å². The van der Waals surface area contributed by atoms with E-state index in [1.165, 1.54) is 12.3 Å². The van der Waals surface area contributed by atoms with Gasteiger partial charge in [-0.15, -0.1) is 0 Å². The molecule has 1 aliphatic heterocycles. The standard InChI is InChI=1S/C28H28FNO4/c1-15-10-12-18(13-11-15)22-17(3)25-24(30-14-19-20(29)8-7-9-21(19)33-25)16(2)23(22)26(27(31)32)34-28(4,5)6/h7-14,26H,1-6H3,(H,31,32)/t26-/m0/s1. The van der Waals surface area contributed by atoms with Crippen LogP contribution in [0.5, 0.6) is 11.5 Å². The van der Waals surface area contributed by atoms with Crippen molar-refractivity contribution in [3.05, 3.63) is 76.1 Å². The van der Waals surface area contributed by atoms with E-state index < -0.39 is 23.5 Å². The van der Waals surface area contributed by atoms with E-state index in [0.717, 1.165) is 11.1 Å². The van der Waals surface area contributed by atoms with Gasteiger partial charge in [0.15, 0.2) is 11.9 Å². The van der Waals surface area contributed by atoms with Crippen LogP contribution >= 0.6 is 0 Å². The lowest BCUT2D eigenvalue weighted by molar-refractivity contribution is -0.160. The molecule has 0 aromatic heterocycles. The highest BCUT2D eigenvalue weighted by atomic mass is 19.1. The van der Waals surface area contributed by atoms with Crippen LogP contribution in [0, 0.1) is 26.6 Å². The summed E-state index contributed by atoms with van der Waals surface area (Å²) < 4.78 is 26.8. The predicted octanol–water partition coefficient (Wildman–Crippen LogP) is 7.22. The Morgan fingerprint density at radius 3 is 2.35 bits per heavy atom. The molecule has 0 unspecified atom stereocenters. The number of rotatable bonds is 4. The molecule has 1 aliphatic rings. The lowest BCUT2D eigenvalue weighted by atomic mass is 9.86. The molecule has 0 fully saturated rings. The summed E-state index contributed by atoms with van der Waals surface area (Å²) in [4.78, 5) is 17.1. The highest BCUT2D eigenvalue weighted by Crippen LogP contribution is 2.50. The molecule has 6 heteroatoms. The molecule has 0 amide bonds. The van der Waals surface area contributed by atoms with E-state index in [9.17, 15) is 14.3 Å². The molecule has 1 N–H and O–H groups in total. The van der Waals surface area contributed by atoms with Crippen LogP contribution in [0.4, 0.5) is 10.1 Å². The number of aliphatic imine (C=N–C) groups is 1. The van der Waals surface area contributed by atoms with E-state index in [-0.39, 0.29) is 5.56 Å². The first-order chi connectivity index (χ1) is 16.0. The van der Waals surface area contributed by atoms with Crippen molar-refractivity contribution in [3.8, 4) is 22.6 Å². The highest BCUT2D eigenvalue weighted by molar-refractivity contribution is 5.92. The molecule has 0 spiro atoms. The van der Waals surface area contributed by atoms with Crippen molar-refractivity contribution in [3.63, 3.8) is 0 Å². The Kier molecular flexibility index (Phi) is 6.04. The van der Waals surface area contributed by atoms with Crippen LogP contribution in [0.25, 0.3) is 11.1 Å². The molecule has 5 nitrogen and oxygen atoms in total. The number of hydrogen-bond donors (Lipinski definition) is 1. The van der Waals surface area contributed by atoms with Gasteiger partial charge in [-0.25, -0.2) is 9.18 Å². The van der Waals surface area contributed by atoms with E-state index in [0.29, 0.717) is 39.4 Å². The fourth-order valence-electron chi connectivity index (χ4n) is 4.24. The molecule has 176 valence electrons. The molecular formula is C28H28FNO4. The molecule has 34 heavy (non-hydrogen) atoms. The molecule has 0 bridgehead atoms. The van der Waals surface area contributed by atoms with Crippen LogP contribution in [0.1, 0.15) is 54.7 Å². The number of fused-ring (bicyclic) bond motifs is 2. The Balaban J connectivity index is 2.06. The van der Waals surface area contributed by atoms with Crippen molar-refractivity contribution in [2.75, 3.05) is 0 Å². The first-order valence-corrected chi connectivity index (χ1v) is 11.1. The molecule has 1 atom stereocenters. The van der Waals surface area contributed by atoms with Gasteiger partial charge < -0.3 is 14.6 Å². The number of hydrogen-bond acceptors (Lipinski definition) is 4. The molecule has 1 heterocycles. The minimum Gasteiger partial charge on any atom is -0.479 e. The number of aliphatic carboxylic acids is 1. The van der Waals surface area contributed by atoms with Crippen LogP contribution in [-0.4, -0.2) is 22.9 Å². The van der Waals surface area contributed by atoms with Crippen LogP contribution < -0.4 is 4.74 Å². The Labute approximate surface area is 198 Å². The van der Waals surface area contributed by atoms with Crippen molar-refractivity contribution in [2.45, 2.75) is 53.2 Å². The van der Waals surface area contributed by atoms with Gasteiger partial charge in [0.05, 0.1) is 11.2 Å². The van der Waals surface area contributed by atoms with Gasteiger partial charge >= 0.3 is 5.97 Å². The average Bonchev–Trinajstić information content (AvgIpc) is 2.96. The summed E-state index contributed by atoms with van der Waals surface area (Å²) in [7, 11) is 0. The van der Waals surface area contributed by atoms with E-state index in [1.807, 2.05) is 58.9 Å². The van der Waals surface area contributed by atoms with Gasteiger partial charge in [0.1, 0.15) is 17.3 Å². The van der Waals surface area contributed by atoms with Gasteiger partial charge in [-0.1, -0.05) is 35.9 Å². The summed E-state index contributed by atoms with van der Waals surface area (Å²) >= 11 is 0. The number of benzene rings is 3. The maximum atomic E-state index is 14.5. The normalized spacial score (nSPS) is 13.5. The second kappa shape index (κ2) is 8.69. The second-order valence-corrected chi connectivity index (χ2v) is 9.54. The average molecular weight is 462 g/mol. The van der Waals surface area contributed by atoms with Gasteiger partial charge in [0, 0.05) is 17.3 Å². The monoisotopic (exact) mass is 461 g/mol. The van der Waals surface area contributed by atoms with Crippen molar-refractivity contribution in [2.24, 2.45) is 4.99 Å². The first-order valence-electron chi connectivity index (χ1n) is 11.1. The van der Waals surface area contributed by atoms with E-state index in [2.05, 4.69) is 4.99 Å². The lowest BCUT2D eigenvalue weighted by Crippen LogP contribution is -2.28. The van der Waals surface area contributed by atoms with Crippen molar-refractivity contribution in [1.82, 2.24) is 0 Å². The topological polar surface area (TPSA) is 68.1 Å². The zero-order chi connectivity index (χ0) is 24.8. The third kappa shape index (κ3) is 4.33. The van der Waals surface area contributed by atoms with E-state index >= 15 is 0 Å². The molecule has 0 saturated heterocycles. The van der Waals surface area contributed by atoms with Crippen LogP contribution in [0.3, 0.4) is 0 Å². The maximum Gasteiger partial charge on any atom is 0.337 e. The number of nitrogens with zero attached hydrogens (tertiary/aromatic N) is 1. The molecule has 4 rings (SSSR count). The maximum absolute atomic E-state index is 14.5. The summed E-state index contributed by atoms with van der Waals surface area (Å²) in [5, 5.41) is 10.2. The summed E-state index contributed by atoms with van der Waals surface area (Å²) in [6.45, 7) is 11.1. The van der Waals surface area contributed by atoms with Gasteiger partial charge in [0.2, 0.25) is 0 Å². The van der Waals surface area contributed by atoms with Gasteiger partial charge in [-0.2, -0.15) is 0 Å². The third-order valence-corrected chi connectivity index (χ3v) is 5.81. The predicted molar refractivity (Wildman–Crippen MR) is 131 cm³/mol. The van der Waals surface area contributed by atoms with E-state index in [4.69, 9.17) is 9.47 Å².